The maximum absolute atomic E-state index is 12.5. The molecule has 0 aliphatic carbocycles. The van der Waals surface area contributed by atoms with Crippen LogP contribution in [0.25, 0.3) is 0 Å². The SMILES string of the molecule is Cc1c(Br)ccc(NC(=O)CSc2nnc(C(C)NC(=O)c3cccc(Cl)c3)n2C)c1C. The molecule has 1 aromatic heterocycles. The van der Waals surface area contributed by atoms with Crippen molar-refractivity contribution < 1.29 is 9.59 Å². The van der Waals surface area contributed by atoms with Crippen LogP contribution in [0.4, 0.5) is 5.69 Å². The summed E-state index contributed by atoms with van der Waals surface area (Å²) in [5, 5.41) is 15.3. The van der Waals surface area contributed by atoms with Crippen LogP contribution in [-0.4, -0.2) is 32.3 Å². The zero-order valence-corrected chi connectivity index (χ0v) is 21.2. The number of aromatic nitrogens is 3. The Bertz CT molecular complexity index is 1170. The third-order valence-corrected chi connectivity index (χ3v) is 7.13. The highest BCUT2D eigenvalue weighted by Crippen LogP contribution is 2.26. The Kier molecular flexibility index (Phi) is 7.97. The van der Waals surface area contributed by atoms with Crippen LogP contribution in [0.15, 0.2) is 46.0 Å². The fourth-order valence-corrected chi connectivity index (χ4v) is 4.38. The van der Waals surface area contributed by atoms with E-state index < -0.39 is 0 Å². The molecule has 10 heteroatoms. The molecule has 0 aliphatic heterocycles. The maximum atomic E-state index is 12.5. The fraction of sp³-hybridized carbons (Fsp3) is 0.273. The zero-order chi connectivity index (χ0) is 23.4. The van der Waals surface area contributed by atoms with Crippen molar-refractivity contribution in [1.82, 2.24) is 20.1 Å². The topological polar surface area (TPSA) is 88.9 Å². The average Bonchev–Trinajstić information content (AvgIpc) is 3.13. The van der Waals surface area contributed by atoms with Gasteiger partial charge in [-0.3, -0.25) is 9.59 Å². The molecule has 0 aliphatic rings. The van der Waals surface area contributed by atoms with Gasteiger partial charge in [-0.15, -0.1) is 10.2 Å². The molecule has 7 nitrogen and oxygen atoms in total. The third-order valence-electron chi connectivity index (χ3n) is 5.02. The van der Waals surface area contributed by atoms with Crippen molar-refractivity contribution in [2.75, 3.05) is 11.1 Å². The van der Waals surface area contributed by atoms with Crippen LogP contribution in [0.3, 0.4) is 0 Å². The first kappa shape index (κ1) is 24.3. The molecule has 3 aromatic rings. The Balaban J connectivity index is 1.60. The Morgan fingerprint density at radius 1 is 1.19 bits per heavy atom. The van der Waals surface area contributed by atoms with Gasteiger partial charge in [0.2, 0.25) is 5.91 Å². The molecule has 2 N–H and O–H groups in total. The Morgan fingerprint density at radius 2 is 1.94 bits per heavy atom. The Hall–Kier alpha value is -2.36. The second-order valence-corrected chi connectivity index (χ2v) is 9.52. The van der Waals surface area contributed by atoms with E-state index in [4.69, 9.17) is 11.6 Å². The van der Waals surface area contributed by atoms with Gasteiger partial charge < -0.3 is 15.2 Å². The van der Waals surface area contributed by atoms with Gasteiger partial charge in [-0.1, -0.05) is 45.4 Å². The van der Waals surface area contributed by atoms with E-state index in [0.29, 0.717) is 21.6 Å². The number of hydrogen-bond donors (Lipinski definition) is 2. The second-order valence-electron chi connectivity index (χ2n) is 7.29. The van der Waals surface area contributed by atoms with Gasteiger partial charge in [0, 0.05) is 27.8 Å². The summed E-state index contributed by atoms with van der Waals surface area (Å²) >= 11 is 10.7. The summed E-state index contributed by atoms with van der Waals surface area (Å²) in [5.74, 6) is 0.384. The quantitative estimate of drug-likeness (QED) is 0.412. The number of thioether (sulfide) groups is 1. The number of carbonyl (C=O) groups is 2. The minimum atomic E-state index is -0.379. The van der Waals surface area contributed by atoms with Crippen molar-refractivity contribution in [2.45, 2.75) is 32.0 Å². The van der Waals surface area contributed by atoms with Crippen LogP contribution in [0.2, 0.25) is 5.02 Å². The molecule has 0 fully saturated rings. The number of rotatable bonds is 7. The number of anilines is 1. The van der Waals surface area contributed by atoms with Gasteiger partial charge in [-0.2, -0.15) is 0 Å². The molecular formula is C22H23BrClN5O2S. The highest BCUT2D eigenvalue weighted by atomic mass is 79.9. The molecule has 0 bridgehead atoms. The summed E-state index contributed by atoms with van der Waals surface area (Å²) in [6, 6.07) is 10.1. The summed E-state index contributed by atoms with van der Waals surface area (Å²) in [6.07, 6.45) is 0. The number of amides is 2. The Morgan fingerprint density at radius 3 is 2.66 bits per heavy atom. The highest BCUT2D eigenvalue weighted by Gasteiger charge is 2.19. The van der Waals surface area contributed by atoms with Crippen molar-refractivity contribution >= 4 is 56.8 Å². The maximum Gasteiger partial charge on any atom is 0.251 e. The minimum absolute atomic E-state index is 0.133. The first-order valence-corrected chi connectivity index (χ1v) is 12.0. The molecular weight excluding hydrogens is 514 g/mol. The van der Waals surface area contributed by atoms with Crippen molar-refractivity contribution in [2.24, 2.45) is 7.05 Å². The van der Waals surface area contributed by atoms with Gasteiger partial charge in [0.25, 0.3) is 5.91 Å². The van der Waals surface area contributed by atoms with E-state index in [0.717, 1.165) is 21.3 Å². The third kappa shape index (κ3) is 5.70. The van der Waals surface area contributed by atoms with E-state index in [9.17, 15) is 9.59 Å². The predicted octanol–water partition coefficient (Wildman–Crippen LogP) is 5.07. The van der Waals surface area contributed by atoms with Crippen LogP contribution in [-0.2, 0) is 11.8 Å². The van der Waals surface area contributed by atoms with Crippen LogP contribution in [0, 0.1) is 13.8 Å². The monoisotopic (exact) mass is 535 g/mol. The van der Waals surface area contributed by atoms with Gasteiger partial charge in [0.15, 0.2) is 11.0 Å². The summed E-state index contributed by atoms with van der Waals surface area (Å²) in [7, 11) is 1.81. The van der Waals surface area contributed by atoms with Crippen LogP contribution < -0.4 is 10.6 Å². The smallest absolute Gasteiger partial charge is 0.251 e. The van der Waals surface area contributed by atoms with Crippen molar-refractivity contribution in [3.63, 3.8) is 0 Å². The average molecular weight is 537 g/mol. The number of benzene rings is 2. The summed E-state index contributed by atoms with van der Waals surface area (Å²) in [6.45, 7) is 5.79. The Labute approximate surface area is 204 Å². The van der Waals surface area contributed by atoms with E-state index >= 15 is 0 Å². The summed E-state index contributed by atoms with van der Waals surface area (Å²) in [4.78, 5) is 24.9. The molecule has 0 saturated carbocycles. The molecule has 2 aromatic carbocycles. The molecule has 1 unspecified atom stereocenters. The van der Waals surface area contributed by atoms with Gasteiger partial charge in [-0.05, 0) is 62.2 Å². The molecule has 32 heavy (non-hydrogen) atoms. The number of nitrogens with zero attached hydrogens (tertiary/aromatic N) is 3. The number of hydrogen-bond acceptors (Lipinski definition) is 5. The largest absolute Gasteiger partial charge is 0.342 e. The lowest BCUT2D eigenvalue weighted by Crippen LogP contribution is -2.28. The van der Waals surface area contributed by atoms with Crippen molar-refractivity contribution in [1.29, 1.82) is 0 Å². The number of carbonyl (C=O) groups excluding carboxylic acids is 2. The molecule has 0 radical (unpaired) electrons. The standard InChI is InChI=1S/C22H23BrClN5O2S/c1-12-13(2)18(9-8-17(12)23)26-19(30)11-32-22-28-27-20(29(22)4)14(3)25-21(31)15-6-5-7-16(24)10-15/h5-10,14H,11H2,1-4H3,(H,25,31)(H,26,30). The molecule has 0 saturated heterocycles. The van der Waals surface area contributed by atoms with Gasteiger partial charge in [0.05, 0.1) is 11.8 Å². The van der Waals surface area contributed by atoms with E-state index in [-0.39, 0.29) is 23.6 Å². The first-order chi connectivity index (χ1) is 15.2. The van der Waals surface area contributed by atoms with Crippen LogP contribution >= 0.6 is 39.3 Å². The summed E-state index contributed by atoms with van der Waals surface area (Å²) in [5.41, 5.74) is 3.36. The van der Waals surface area contributed by atoms with E-state index in [2.05, 4.69) is 36.8 Å². The molecule has 168 valence electrons. The predicted molar refractivity (Wildman–Crippen MR) is 131 cm³/mol. The lowest BCUT2D eigenvalue weighted by Gasteiger charge is -2.14. The number of nitrogens with one attached hydrogen (secondary N) is 2. The van der Waals surface area contributed by atoms with E-state index in [1.807, 2.05) is 32.9 Å². The lowest BCUT2D eigenvalue weighted by atomic mass is 10.1. The zero-order valence-electron chi connectivity index (χ0n) is 18.1. The van der Waals surface area contributed by atoms with Gasteiger partial charge in [0.1, 0.15) is 0 Å². The van der Waals surface area contributed by atoms with Crippen molar-refractivity contribution in [3.8, 4) is 0 Å². The lowest BCUT2D eigenvalue weighted by molar-refractivity contribution is -0.113. The summed E-state index contributed by atoms with van der Waals surface area (Å²) < 4.78 is 2.78. The minimum Gasteiger partial charge on any atom is -0.342 e. The van der Waals surface area contributed by atoms with Crippen molar-refractivity contribution in [3.05, 3.63) is 68.4 Å². The molecule has 0 spiro atoms. The van der Waals surface area contributed by atoms with E-state index in [1.165, 1.54) is 11.8 Å². The van der Waals surface area contributed by atoms with Crippen LogP contribution in [0.1, 0.15) is 40.3 Å². The fourth-order valence-electron chi connectivity index (χ4n) is 3.04. The van der Waals surface area contributed by atoms with E-state index in [1.54, 1.807) is 35.9 Å². The first-order valence-electron chi connectivity index (χ1n) is 9.81. The highest BCUT2D eigenvalue weighted by molar-refractivity contribution is 9.10. The number of halogens is 2. The second kappa shape index (κ2) is 10.5. The van der Waals surface area contributed by atoms with Crippen LogP contribution in [0.5, 0.6) is 0 Å². The molecule has 2 amide bonds. The molecule has 3 rings (SSSR count). The van der Waals surface area contributed by atoms with Gasteiger partial charge in [-0.25, -0.2) is 0 Å². The normalized spacial score (nSPS) is 11.8. The molecule has 1 atom stereocenters. The molecule has 1 heterocycles. The van der Waals surface area contributed by atoms with Gasteiger partial charge >= 0.3 is 0 Å².